The van der Waals surface area contributed by atoms with Gasteiger partial charge in [-0.1, -0.05) is 31.0 Å². The van der Waals surface area contributed by atoms with Gasteiger partial charge >= 0.3 is 6.03 Å². The lowest BCUT2D eigenvalue weighted by molar-refractivity contribution is 0.204. The highest BCUT2D eigenvalue weighted by molar-refractivity contribution is 5.73. The molecule has 0 radical (unpaired) electrons. The molecule has 4 nitrogen and oxygen atoms in total. The molecule has 0 saturated carbocycles. The maximum Gasteiger partial charge on any atom is 0.317 e. The quantitative estimate of drug-likeness (QED) is 0.779. The number of nitrogens with one attached hydrogen (secondary N) is 1. The van der Waals surface area contributed by atoms with E-state index < -0.39 is 0 Å². The zero-order chi connectivity index (χ0) is 15.0. The van der Waals surface area contributed by atoms with Gasteiger partial charge in [0.2, 0.25) is 0 Å². The van der Waals surface area contributed by atoms with E-state index in [1.807, 2.05) is 26.1 Å². The monoisotopic (exact) mass is 278 g/mol. The molecule has 0 aromatic heterocycles. The molecular formula is C16H26N2O2. The Morgan fingerprint density at radius 1 is 1.35 bits per heavy atom. The van der Waals surface area contributed by atoms with Gasteiger partial charge in [-0.25, -0.2) is 4.79 Å². The zero-order valence-corrected chi connectivity index (χ0v) is 13.0. The number of hydrogen-bond donors (Lipinski definition) is 1. The fourth-order valence-corrected chi connectivity index (χ4v) is 1.91. The van der Waals surface area contributed by atoms with Crippen LogP contribution in [0.2, 0.25) is 0 Å². The van der Waals surface area contributed by atoms with Gasteiger partial charge in [-0.05, 0) is 31.9 Å². The van der Waals surface area contributed by atoms with E-state index in [0.29, 0.717) is 13.2 Å². The molecule has 112 valence electrons. The van der Waals surface area contributed by atoms with Crippen molar-refractivity contribution in [1.29, 1.82) is 0 Å². The van der Waals surface area contributed by atoms with Crippen LogP contribution in [0.25, 0.3) is 0 Å². The smallest absolute Gasteiger partial charge is 0.317 e. The molecule has 0 aliphatic carbocycles. The molecule has 0 spiro atoms. The van der Waals surface area contributed by atoms with E-state index in [0.717, 1.165) is 30.7 Å². The lowest BCUT2D eigenvalue weighted by Crippen LogP contribution is -2.39. The van der Waals surface area contributed by atoms with Crippen molar-refractivity contribution in [2.45, 2.75) is 33.6 Å². The Balaban J connectivity index is 2.26. The molecule has 0 aliphatic rings. The summed E-state index contributed by atoms with van der Waals surface area (Å²) in [5.41, 5.74) is 2.34. The van der Waals surface area contributed by atoms with Gasteiger partial charge in [0.25, 0.3) is 0 Å². The van der Waals surface area contributed by atoms with Crippen LogP contribution in [-0.4, -0.2) is 37.7 Å². The number of aryl methyl sites for hydroxylation is 2. The molecule has 20 heavy (non-hydrogen) atoms. The van der Waals surface area contributed by atoms with Crippen molar-refractivity contribution in [3.63, 3.8) is 0 Å². The fourth-order valence-electron chi connectivity index (χ4n) is 1.91. The second-order valence-corrected chi connectivity index (χ2v) is 5.12. The molecule has 4 heteroatoms. The van der Waals surface area contributed by atoms with Gasteiger partial charge in [0.1, 0.15) is 12.4 Å². The highest BCUT2D eigenvalue weighted by Crippen LogP contribution is 2.18. The standard InChI is InChI=1S/C16H26N2O2/c1-5-6-10-18(4)16(19)17-9-11-20-15-8-7-13(2)12-14(15)3/h7-8,12H,5-6,9-11H2,1-4H3,(H,17,19). The van der Waals surface area contributed by atoms with Crippen LogP contribution < -0.4 is 10.1 Å². The van der Waals surface area contributed by atoms with E-state index in [2.05, 4.69) is 25.2 Å². The first-order valence-corrected chi connectivity index (χ1v) is 7.23. The molecule has 0 bridgehead atoms. The minimum Gasteiger partial charge on any atom is -0.491 e. The molecule has 1 rings (SSSR count). The Kier molecular flexibility index (Phi) is 6.91. The van der Waals surface area contributed by atoms with Gasteiger partial charge in [-0.15, -0.1) is 0 Å². The first-order chi connectivity index (χ1) is 9.54. The maximum absolute atomic E-state index is 11.7. The van der Waals surface area contributed by atoms with Gasteiger partial charge in [0, 0.05) is 13.6 Å². The largest absolute Gasteiger partial charge is 0.491 e. The van der Waals surface area contributed by atoms with E-state index in [1.54, 1.807) is 4.90 Å². The molecule has 0 saturated heterocycles. The van der Waals surface area contributed by atoms with Crippen molar-refractivity contribution in [3.05, 3.63) is 29.3 Å². The number of urea groups is 1. The first-order valence-electron chi connectivity index (χ1n) is 7.23. The number of benzene rings is 1. The average Bonchev–Trinajstić information content (AvgIpc) is 2.42. The normalized spacial score (nSPS) is 10.2. The van der Waals surface area contributed by atoms with Gasteiger partial charge in [-0.2, -0.15) is 0 Å². The second-order valence-electron chi connectivity index (χ2n) is 5.12. The maximum atomic E-state index is 11.7. The van der Waals surface area contributed by atoms with Crippen molar-refractivity contribution in [3.8, 4) is 5.75 Å². The number of unbranched alkanes of at least 4 members (excludes halogenated alkanes) is 1. The number of amides is 2. The molecule has 2 amide bonds. The third-order valence-corrected chi connectivity index (χ3v) is 3.16. The predicted octanol–water partition coefficient (Wildman–Crippen LogP) is 3.12. The topological polar surface area (TPSA) is 41.6 Å². The van der Waals surface area contributed by atoms with Crippen molar-refractivity contribution in [1.82, 2.24) is 10.2 Å². The summed E-state index contributed by atoms with van der Waals surface area (Å²) >= 11 is 0. The van der Waals surface area contributed by atoms with E-state index in [1.165, 1.54) is 5.56 Å². The third-order valence-electron chi connectivity index (χ3n) is 3.16. The minimum atomic E-state index is -0.0392. The summed E-state index contributed by atoms with van der Waals surface area (Å²) < 4.78 is 5.67. The Morgan fingerprint density at radius 2 is 2.10 bits per heavy atom. The van der Waals surface area contributed by atoms with E-state index in [-0.39, 0.29) is 6.03 Å². The van der Waals surface area contributed by atoms with Crippen LogP contribution in [-0.2, 0) is 0 Å². The number of nitrogens with zero attached hydrogens (tertiary/aromatic N) is 1. The molecule has 0 fully saturated rings. The predicted molar refractivity (Wildman–Crippen MR) is 82.3 cm³/mol. The van der Waals surface area contributed by atoms with Crippen LogP contribution in [0.5, 0.6) is 5.75 Å². The van der Waals surface area contributed by atoms with Crippen LogP contribution in [0.15, 0.2) is 18.2 Å². The van der Waals surface area contributed by atoms with Crippen LogP contribution in [0.4, 0.5) is 4.79 Å². The van der Waals surface area contributed by atoms with Crippen LogP contribution in [0, 0.1) is 13.8 Å². The van der Waals surface area contributed by atoms with E-state index >= 15 is 0 Å². The molecule has 0 heterocycles. The molecule has 1 N–H and O–H groups in total. The lowest BCUT2D eigenvalue weighted by Gasteiger charge is -2.17. The van der Waals surface area contributed by atoms with Crippen LogP contribution in [0.1, 0.15) is 30.9 Å². The Morgan fingerprint density at radius 3 is 2.75 bits per heavy atom. The number of carbonyl (C=O) groups excluding carboxylic acids is 1. The Labute approximate surface area is 122 Å². The van der Waals surface area contributed by atoms with Crippen molar-refractivity contribution in [2.24, 2.45) is 0 Å². The van der Waals surface area contributed by atoms with Crippen molar-refractivity contribution in [2.75, 3.05) is 26.7 Å². The number of carbonyl (C=O) groups is 1. The molecule has 0 unspecified atom stereocenters. The highest BCUT2D eigenvalue weighted by Gasteiger charge is 2.06. The summed E-state index contributed by atoms with van der Waals surface area (Å²) in [5, 5.41) is 2.85. The molecule has 1 aromatic carbocycles. The van der Waals surface area contributed by atoms with Gasteiger partial charge in [-0.3, -0.25) is 0 Å². The molecule has 1 aromatic rings. The van der Waals surface area contributed by atoms with Gasteiger partial charge in [0.15, 0.2) is 0 Å². The second kappa shape index (κ2) is 8.46. The number of hydrogen-bond acceptors (Lipinski definition) is 2. The minimum absolute atomic E-state index is 0.0392. The van der Waals surface area contributed by atoms with Gasteiger partial charge < -0.3 is 15.0 Å². The van der Waals surface area contributed by atoms with Crippen molar-refractivity contribution >= 4 is 6.03 Å². The number of ether oxygens (including phenoxy) is 1. The summed E-state index contributed by atoms with van der Waals surface area (Å²) in [4.78, 5) is 13.4. The summed E-state index contributed by atoms with van der Waals surface area (Å²) in [6, 6.07) is 6.05. The van der Waals surface area contributed by atoms with E-state index in [4.69, 9.17) is 4.74 Å². The lowest BCUT2D eigenvalue weighted by atomic mass is 10.1. The summed E-state index contributed by atoms with van der Waals surface area (Å²) in [6.45, 7) is 7.99. The summed E-state index contributed by atoms with van der Waals surface area (Å²) in [7, 11) is 1.82. The average molecular weight is 278 g/mol. The van der Waals surface area contributed by atoms with Gasteiger partial charge in [0.05, 0.1) is 6.54 Å². The fraction of sp³-hybridized carbons (Fsp3) is 0.562. The number of rotatable bonds is 7. The Hall–Kier alpha value is -1.71. The van der Waals surface area contributed by atoms with Crippen molar-refractivity contribution < 1.29 is 9.53 Å². The molecule has 0 aliphatic heterocycles. The summed E-state index contributed by atoms with van der Waals surface area (Å²) in [6.07, 6.45) is 2.12. The van der Waals surface area contributed by atoms with Crippen LogP contribution in [0.3, 0.4) is 0 Å². The summed E-state index contributed by atoms with van der Waals surface area (Å²) in [5.74, 6) is 0.879. The van der Waals surface area contributed by atoms with E-state index in [9.17, 15) is 4.79 Å². The Bertz CT molecular complexity index is 432. The first kappa shape index (κ1) is 16.3. The molecular weight excluding hydrogens is 252 g/mol. The zero-order valence-electron chi connectivity index (χ0n) is 13.0. The van der Waals surface area contributed by atoms with Crippen LogP contribution >= 0.6 is 0 Å². The highest BCUT2D eigenvalue weighted by atomic mass is 16.5. The molecule has 0 atom stereocenters. The SMILES string of the molecule is CCCCN(C)C(=O)NCCOc1ccc(C)cc1C. The third kappa shape index (κ3) is 5.51.